The second kappa shape index (κ2) is 12.5. The van der Waals surface area contributed by atoms with Crippen molar-refractivity contribution in [3.63, 3.8) is 0 Å². The Balaban J connectivity index is 1.67. The van der Waals surface area contributed by atoms with E-state index in [9.17, 15) is 9.59 Å². The van der Waals surface area contributed by atoms with Gasteiger partial charge in [-0.15, -0.1) is 11.8 Å². The molecule has 178 valence electrons. The van der Waals surface area contributed by atoms with E-state index < -0.39 is 6.04 Å². The molecule has 2 aromatic rings. The van der Waals surface area contributed by atoms with Crippen LogP contribution in [0.3, 0.4) is 0 Å². The number of carbonyl (C=O) groups excluding carboxylic acids is 2. The van der Waals surface area contributed by atoms with Gasteiger partial charge in [-0.05, 0) is 50.8 Å². The maximum Gasteiger partial charge on any atom is 0.242 e. The van der Waals surface area contributed by atoms with E-state index in [0.29, 0.717) is 17.3 Å². The standard InChI is InChI=1S/C27H35ClN2O2S/c1-19-13-20(2)15-22(14-19)17-33-18-26(31)30(16-23-9-7-8-12-25(23)28)21(3)27(32)29-24-10-5-4-6-11-24/h7-9,12-15,21,24H,4-6,10-11,16-18H2,1-3H3,(H,29,32)/t21-/m0/s1. The van der Waals surface area contributed by atoms with Gasteiger partial charge in [0.1, 0.15) is 6.04 Å². The van der Waals surface area contributed by atoms with Crippen molar-refractivity contribution in [2.24, 2.45) is 0 Å². The highest BCUT2D eigenvalue weighted by Crippen LogP contribution is 2.22. The lowest BCUT2D eigenvalue weighted by Gasteiger charge is -2.31. The monoisotopic (exact) mass is 486 g/mol. The van der Waals surface area contributed by atoms with Crippen molar-refractivity contribution in [2.75, 3.05) is 5.75 Å². The Kier molecular flexibility index (Phi) is 9.69. The molecular weight excluding hydrogens is 452 g/mol. The van der Waals surface area contributed by atoms with Gasteiger partial charge < -0.3 is 10.2 Å². The number of nitrogens with zero attached hydrogens (tertiary/aromatic N) is 1. The molecule has 0 unspecified atom stereocenters. The molecule has 0 heterocycles. The summed E-state index contributed by atoms with van der Waals surface area (Å²) in [6.45, 7) is 6.32. The summed E-state index contributed by atoms with van der Waals surface area (Å²) in [6.07, 6.45) is 5.56. The third-order valence-electron chi connectivity index (χ3n) is 6.19. The summed E-state index contributed by atoms with van der Waals surface area (Å²) >= 11 is 7.97. The minimum Gasteiger partial charge on any atom is -0.352 e. The fraction of sp³-hybridized carbons (Fsp3) is 0.481. The van der Waals surface area contributed by atoms with Gasteiger partial charge in [0.25, 0.3) is 0 Å². The first-order chi connectivity index (χ1) is 15.8. The minimum atomic E-state index is -0.558. The summed E-state index contributed by atoms with van der Waals surface area (Å²) in [5.41, 5.74) is 4.52. The minimum absolute atomic E-state index is 0.0458. The number of amides is 2. The predicted molar refractivity (Wildman–Crippen MR) is 139 cm³/mol. The third-order valence-corrected chi connectivity index (χ3v) is 7.55. The van der Waals surface area contributed by atoms with E-state index in [1.807, 2.05) is 31.2 Å². The van der Waals surface area contributed by atoms with Crippen molar-refractivity contribution in [3.05, 3.63) is 69.7 Å². The van der Waals surface area contributed by atoms with Gasteiger partial charge in [-0.25, -0.2) is 0 Å². The second-order valence-electron chi connectivity index (χ2n) is 9.12. The van der Waals surface area contributed by atoms with Crippen molar-refractivity contribution in [1.29, 1.82) is 0 Å². The van der Waals surface area contributed by atoms with E-state index in [-0.39, 0.29) is 17.9 Å². The molecule has 1 atom stereocenters. The zero-order valence-electron chi connectivity index (χ0n) is 19.9. The lowest BCUT2D eigenvalue weighted by Crippen LogP contribution is -2.50. The molecule has 1 aliphatic carbocycles. The average molecular weight is 487 g/mol. The van der Waals surface area contributed by atoms with Crippen LogP contribution in [0.15, 0.2) is 42.5 Å². The number of aryl methyl sites for hydroxylation is 2. The molecule has 0 aromatic heterocycles. The predicted octanol–water partition coefficient (Wildman–Crippen LogP) is 6.06. The first-order valence-electron chi connectivity index (χ1n) is 11.8. The van der Waals surface area contributed by atoms with E-state index in [1.165, 1.54) is 23.1 Å². The summed E-state index contributed by atoms with van der Waals surface area (Å²) in [5, 5.41) is 3.79. The molecule has 0 saturated heterocycles. The second-order valence-corrected chi connectivity index (χ2v) is 10.5. The van der Waals surface area contributed by atoms with Gasteiger partial charge in [-0.3, -0.25) is 9.59 Å². The Bertz CT molecular complexity index is 939. The highest BCUT2D eigenvalue weighted by atomic mass is 35.5. The van der Waals surface area contributed by atoms with Crippen LogP contribution >= 0.6 is 23.4 Å². The molecule has 2 amide bonds. The van der Waals surface area contributed by atoms with Crippen LogP contribution in [0.25, 0.3) is 0 Å². The molecule has 0 bridgehead atoms. The van der Waals surface area contributed by atoms with Crippen LogP contribution in [0.5, 0.6) is 0 Å². The molecule has 4 nitrogen and oxygen atoms in total. The molecule has 0 radical (unpaired) electrons. The Morgan fingerprint density at radius 3 is 2.42 bits per heavy atom. The maximum atomic E-state index is 13.3. The number of hydrogen-bond donors (Lipinski definition) is 1. The molecule has 3 rings (SSSR count). The van der Waals surface area contributed by atoms with Crippen LogP contribution in [0.2, 0.25) is 5.02 Å². The van der Waals surface area contributed by atoms with Gasteiger partial charge in [0, 0.05) is 23.4 Å². The van der Waals surface area contributed by atoms with Gasteiger partial charge in [-0.1, -0.05) is 78.4 Å². The van der Waals surface area contributed by atoms with Gasteiger partial charge >= 0.3 is 0 Å². The SMILES string of the molecule is Cc1cc(C)cc(CSCC(=O)N(Cc2ccccc2Cl)[C@@H](C)C(=O)NC2CCCCC2)c1. The van der Waals surface area contributed by atoms with E-state index in [2.05, 4.69) is 37.4 Å². The highest BCUT2D eigenvalue weighted by Gasteiger charge is 2.28. The zero-order valence-corrected chi connectivity index (χ0v) is 21.5. The highest BCUT2D eigenvalue weighted by molar-refractivity contribution is 7.99. The van der Waals surface area contributed by atoms with Crippen LogP contribution in [-0.4, -0.2) is 34.6 Å². The van der Waals surface area contributed by atoms with Crippen LogP contribution in [0, 0.1) is 13.8 Å². The Morgan fingerprint density at radius 2 is 1.76 bits per heavy atom. The molecule has 2 aromatic carbocycles. The fourth-order valence-corrected chi connectivity index (χ4v) is 5.49. The largest absolute Gasteiger partial charge is 0.352 e. The van der Waals surface area contributed by atoms with E-state index in [0.717, 1.165) is 37.0 Å². The van der Waals surface area contributed by atoms with E-state index in [4.69, 9.17) is 11.6 Å². The number of thioether (sulfide) groups is 1. The number of rotatable bonds is 9. The molecule has 1 N–H and O–H groups in total. The van der Waals surface area contributed by atoms with Crippen LogP contribution < -0.4 is 5.32 Å². The first-order valence-corrected chi connectivity index (χ1v) is 13.3. The number of hydrogen-bond acceptors (Lipinski definition) is 3. The molecule has 1 aliphatic rings. The molecule has 33 heavy (non-hydrogen) atoms. The van der Waals surface area contributed by atoms with E-state index >= 15 is 0 Å². The molecule has 1 saturated carbocycles. The zero-order chi connectivity index (χ0) is 23.8. The van der Waals surface area contributed by atoms with Crippen LogP contribution in [0.1, 0.15) is 61.3 Å². The van der Waals surface area contributed by atoms with E-state index in [1.54, 1.807) is 16.7 Å². The van der Waals surface area contributed by atoms with Gasteiger partial charge in [0.05, 0.1) is 5.75 Å². The quantitative estimate of drug-likeness (QED) is 0.469. The van der Waals surface area contributed by atoms with Crippen molar-refractivity contribution >= 4 is 35.2 Å². The molecule has 0 spiro atoms. The number of halogens is 1. The molecule has 6 heteroatoms. The lowest BCUT2D eigenvalue weighted by molar-refractivity contribution is -0.139. The Hall–Kier alpha value is -1.98. The summed E-state index contributed by atoms with van der Waals surface area (Å²) < 4.78 is 0. The van der Waals surface area contributed by atoms with Crippen LogP contribution in [0.4, 0.5) is 0 Å². The fourth-order valence-electron chi connectivity index (χ4n) is 4.45. The number of nitrogens with one attached hydrogen (secondary N) is 1. The van der Waals surface area contributed by atoms with Crippen molar-refractivity contribution in [2.45, 2.75) is 77.3 Å². The topological polar surface area (TPSA) is 49.4 Å². The molecule has 1 fully saturated rings. The number of benzene rings is 2. The van der Waals surface area contributed by atoms with Crippen molar-refractivity contribution in [3.8, 4) is 0 Å². The van der Waals surface area contributed by atoms with Crippen molar-refractivity contribution < 1.29 is 9.59 Å². The average Bonchev–Trinajstić information content (AvgIpc) is 2.78. The van der Waals surface area contributed by atoms with Crippen LogP contribution in [-0.2, 0) is 21.9 Å². The summed E-state index contributed by atoms with van der Waals surface area (Å²) in [6, 6.07) is 13.6. The maximum absolute atomic E-state index is 13.3. The normalized spacial score (nSPS) is 15.2. The molecular formula is C27H35ClN2O2S. The van der Waals surface area contributed by atoms with Crippen molar-refractivity contribution in [1.82, 2.24) is 10.2 Å². The smallest absolute Gasteiger partial charge is 0.242 e. The van der Waals surface area contributed by atoms with Gasteiger partial charge in [-0.2, -0.15) is 0 Å². The Labute approximate surface area is 207 Å². The summed E-state index contributed by atoms with van der Waals surface area (Å²) in [5.74, 6) is 0.951. The third kappa shape index (κ3) is 7.79. The van der Waals surface area contributed by atoms with Gasteiger partial charge in [0.2, 0.25) is 11.8 Å². The number of carbonyl (C=O) groups is 2. The van der Waals surface area contributed by atoms with Gasteiger partial charge in [0.15, 0.2) is 0 Å². The Morgan fingerprint density at radius 1 is 1.09 bits per heavy atom. The lowest BCUT2D eigenvalue weighted by atomic mass is 9.95. The first kappa shape index (κ1) is 25.6. The summed E-state index contributed by atoms with van der Waals surface area (Å²) in [7, 11) is 0. The molecule has 0 aliphatic heterocycles. The summed E-state index contributed by atoms with van der Waals surface area (Å²) in [4.78, 5) is 28.0.